The van der Waals surface area contributed by atoms with Gasteiger partial charge in [-0.25, -0.2) is 0 Å². The Bertz CT molecular complexity index is 500. The van der Waals surface area contributed by atoms with Gasteiger partial charge in [0.25, 0.3) is 5.91 Å². The number of aliphatic hydroxyl groups excluding tert-OH is 1. The van der Waals surface area contributed by atoms with E-state index < -0.39 is 0 Å². The molecule has 2 aliphatic rings. The first kappa shape index (κ1) is 13.4. The molecular weight excluding hydrogens is 254 g/mol. The molecule has 3 rings (SSSR count). The molecule has 1 amide bonds. The molecule has 1 fully saturated rings. The van der Waals surface area contributed by atoms with Crippen molar-refractivity contribution in [2.45, 2.75) is 25.7 Å². The molecule has 0 spiro atoms. The highest BCUT2D eigenvalue weighted by Gasteiger charge is 2.27. The lowest BCUT2D eigenvalue weighted by Gasteiger charge is -2.17. The van der Waals surface area contributed by atoms with Crippen LogP contribution in [-0.2, 0) is 6.42 Å². The van der Waals surface area contributed by atoms with E-state index in [9.17, 15) is 9.90 Å². The van der Waals surface area contributed by atoms with Crippen molar-refractivity contribution in [1.82, 2.24) is 5.32 Å². The van der Waals surface area contributed by atoms with Crippen LogP contribution in [0.1, 0.15) is 35.2 Å². The standard InChI is InChI=1S/C16H21NO3/c18-10-14-3-1-2-13(14)9-17-16(19)12-4-5-15-11(8-12)6-7-20-15/h4-5,8,13-14,18H,1-3,6-7,9-10H2,(H,17,19). The van der Waals surface area contributed by atoms with Gasteiger partial charge in [0.2, 0.25) is 0 Å². The predicted molar refractivity (Wildman–Crippen MR) is 75.9 cm³/mol. The summed E-state index contributed by atoms with van der Waals surface area (Å²) in [5, 5.41) is 12.3. The van der Waals surface area contributed by atoms with E-state index in [1.54, 1.807) is 0 Å². The van der Waals surface area contributed by atoms with Crippen molar-refractivity contribution < 1.29 is 14.6 Å². The summed E-state index contributed by atoms with van der Waals surface area (Å²) in [4.78, 5) is 12.2. The van der Waals surface area contributed by atoms with Crippen LogP contribution < -0.4 is 10.1 Å². The fourth-order valence-corrected chi connectivity index (χ4v) is 3.28. The highest BCUT2D eigenvalue weighted by molar-refractivity contribution is 5.94. The molecule has 4 heteroatoms. The van der Waals surface area contributed by atoms with Crippen LogP contribution in [0.2, 0.25) is 0 Å². The van der Waals surface area contributed by atoms with Gasteiger partial charge in [-0.2, -0.15) is 0 Å². The van der Waals surface area contributed by atoms with Crippen LogP contribution in [0, 0.1) is 11.8 Å². The molecule has 1 aromatic rings. The maximum absolute atomic E-state index is 12.2. The minimum Gasteiger partial charge on any atom is -0.493 e. The van der Waals surface area contributed by atoms with Crippen molar-refractivity contribution >= 4 is 5.91 Å². The number of benzene rings is 1. The molecule has 1 aliphatic carbocycles. The van der Waals surface area contributed by atoms with E-state index in [4.69, 9.17) is 4.74 Å². The van der Waals surface area contributed by atoms with E-state index in [2.05, 4.69) is 5.32 Å². The molecule has 2 unspecified atom stereocenters. The molecule has 20 heavy (non-hydrogen) atoms. The normalized spacial score (nSPS) is 24.2. The number of hydrogen-bond donors (Lipinski definition) is 2. The Morgan fingerprint density at radius 3 is 3.05 bits per heavy atom. The SMILES string of the molecule is O=C(NCC1CCCC1CO)c1ccc2c(c1)CCO2. The first-order valence-electron chi connectivity index (χ1n) is 7.42. The Morgan fingerprint density at radius 1 is 1.35 bits per heavy atom. The number of carbonyl (C=O) groups is 1. The van der Waals surface area contributed by atoms with Gasteiger partial charge in [0.1, 0.15) is 5.75 Å². The number of aliphatic hydroxyl groups is 1. The highest BCUT2D eigenvalue weighted by atomic mass is 16.5. The molecule has 0 saturated heterocycles. The van der Waals surface area contributed by atoms with Gasteiger partial charge in [0.15, 0.2) is 0 Å². The summed E-state index contributed by atoms with van der Waals surface area (Å²) in [6, 6.07) is 5.62. The summed E-state index contributed by atoms with van der Waals surface area (Å²) in [6.45, 7) is 1.61. The Balaban J connectivity index is 1.59. The number of amides is 1. The van der Waals surface area contributed by atoms with E-state index >= 15 is 0 Å². The molecule has 0 radical (unpaired) electrons. The Kier molecular flexibility index (Phi) is 3.92. The van der Waals surface area contributed by atoms with Crippen molar-refractivity contribution in [3.63, 3.8) is 0 Å². The molecule has 2 N–H and O–H groups in total. The van der Waals surface area contributed by atoms with Gasteiger partial charge in [0.05, 0.1) is 6.61 Å². The van der Waals surface area contributed by atoms with E-state index in [0.717, 1.165) is 37.0 Å². The smallest absolute Gasteiger partial charge is 0.251 e. The summed E-state index contributed by atoms with van der Waals surface area (Å²) >= 11 is 0. The first-order valence-corrected chi connectivity index (χ1v) is 7.42. The van der Waals surface area contributed by atoms with Gasteiger partial charge in [-0.3, -0.25) is 4.79 Å². The minimum absolute atomic E-state index is 0.0247. The highest BCUT2D eigenvalue weighted by Crippen LogP contribution is 2.31. The fourth-order valence-electron chi connectivity index (χ4n) is 3.28. The van der Waals surface area contributed by atoms with Gasteiger partial charge in [-0.15, -0.1) is 0 Å². The monoisotopic (exact) mass is 275 g/mol. The van der Waals surface area contributed by atoms with E-state index in [0.29, 0.717) is 30.6 Å². The molecule has 0 aromatic heterocycles. The Hall–Kier alpha value is -1.55. The molecule has 0 bridgehead atoms. The van der Waals surface area contributed by atoms with E-state index in [1.807, 2.05) is 18.2 Å². The molecule has 1 aromatic carbocycles. The maximum atomic E-state index is 12.2. The second kappa shape index (κ2) is 5.83. The van der Waals surface area contributed by atoms with Gasteiger partial charge in [-0.1, -0.05) is 6.42 Å². The van der Waals surface area contributed by atoms with Crippen LogP contribution in [0.3, 0.4) is 0 Å². The molecule has 2 atom stereocenters. The van der Waals surface area contributed by atoms with Crippen LogP contribution in [0.4, 0.5) is 0 Å². The lowest BCUT2D eigenvalue weighted by atomic mass is 9.97. The Labute approximate surface area is 119 Å². The third-order valence-electron chi connectivity index (χ3n) is 4.53. The van der Waals surface area contributed by atoms with Crippen LogP contribution in [0.5, 0.6) is 5.75 Å². The summed E-state index contributed by atoms with van der Waals surface area (Å²) < 4.78 is 5.44. The van der Waals surface area contributed by atoms with Gasteiger partial charge < -0.3 is 15.2 Å². The van der Waals surface area contributed by atoms with E-state index in [-0.39, 0.29) is 12.5 Å². The van der Waals surface area contributed by atoms with Crippen molar-refractivity contribution in [2.24, 2.45) is 11.8 Å². The van der Waals surface area contributed by atoms with Crippen LogP contribution in [0.15, 0.2) is 18.2 Å². The summed E-state index contributed by atoms with van der Waals surface area (Å²) in [5.41, 5.74) is 1.82. The third-order valence-corrected chi connectivity index (χ3v) is 4.53. The summed E-state index contributed by atoms with van der Waals surface area (Å²) in [7, 11) is 0. The second-order valence-electron chi connectivity index (χ2n) is 5.76. The zero-order valence-electron chi connectivity index (χ0n) is 11.6. The lowest BCUT2D eigenvalue weighted by molar-refractivity contribution is 0.0937. The van der Waals surface area contributed by atoms with Crippen LogP contribution >= 0.6 is 0 Å². The number of nitrogens with one attached hydrogen (secondary N) is 1. The predicted octanol–water partition coefficient (Wildman–Crippen LogP) is 1.76. The largest absolute Gasteiger partial charge is 0.493 e. The average molecular weight is 275 g/mol. The van der Waals surface area contributed by atoms with Gasteiger partial charge >= 0.3 is 0 Å². The number of hydrogen-bond acceptors (Lipinski definition) is 3. The minimum atomic E-state index is -0.0247. The number of ether oxygens (including phenoxy) is 1. The zero-order chi connectivity index (χ0) is 13.9. The second-order valence-corrected chi connectivity index (χ2v) is 5.76. The number of carbonyl (C=O) groups excluding carboxylic acids is 1. The summed E-state index contributed by atoms with van der Waals surface area (Å²) in [6.07, 6.45) is 4.21. The number of fused-ring (bicyclic) bond motifs is 1. The fraction of sp³-hybridized carbons (Fsp3) is 0.562. The van der Waals surface area contributed by atoms with Gasteiger partial charge in [-0.05, 0) is 48.4 Å². The summed E-state index contributed by atoms with van der Waals surface area (Å²) in [5.74, 6) is 1.64. The molecular formula is C16H21NO3. The van der Waals surface area contributed by atoms with Gasteiger partial charge in [0, 0.05) is 25.1 Å². The van der Waals surface area contributed by atoms with Crippen molar-refractivity contribution in [2.75, 3.05) is 19.8 Å². The average Bonchev–Trinajstić information content (AvgIpc) is 3.12. The molecule has 108 valence electrons. The quantitative estimate of drug-likeness (QED) is 0.880. The number of rotatable bonds is 4. The maximum Gasteiger partial charge on any atom is 0.251 e. The molecule has 1 heterocycles. The van der Waals surface area contributed by atoms with Crippen molar-refractivity contribution in [3.8, 4) is 5.75 Å². The first-order chi connectivity index (χ1) is 9.78. The lowest BCUT2D eigenvalue weighted by Crippen LogP contribution is -2.31. The van der Waals surface area contributed by atoms with Crippen molar-refractivity contribution in [1.29, 1.82) is 0 Å². The zero-order valence-corrected chi connectivity index (χ0v) is 11.6. The molecule has 1 aliphatic heterocycles. The van der Waals surface area contributed by atoms with Crippen LogP contribution in [0.25, 0.3) is 0 Å². The third kappa shape index (κ3) is 2.66. The molecule has 1 saturated carbocycles. The topological polar surface area (TPSA) is 58.6 Å². The van der Waals surface area contributed by atoms with Crippen molar-refractivity contribution in [3.05, 3.63) is 29.3 Å². The van der Waals surface area contributed by atoms with Crippen LogP contribution in [-0.4, -0.2) is 30.8 Å². The molecule has 4 nitrogen and oxygen atoms in total. The Morgan fingerprint density at radius 2 is 2.20 bits per heavy atom. The van der Waals surface area contributed by atoms with E-state index in [1.165, 1.54) is 0 Å².